The van der Waals surface area contributed by atoms with Crippen LogP contribution in [0.1, 0.15) is 25.8 Å². The highest BCUT2D eigenvalue weighted by Gasteiger charge is 2.52. The predicted octanol–water partition coefficient (Wildman–Crippen LogP) is 3.72. The minimum atomic E-state index is -2.95. The Morgan fingerprint density at radius 3 is 2.32 bits per heavy atom. The van der Waals surface area contributed by atoms with Gasteiger partial charge in [0.25, 0.3) is 5.91 Å². The maximum Gasteiger partial charge on any atom is 0.387 e. The smallest absolute Gasteiger partial charge is 0.387 e. The molecule has 2 aromatic carbocycles. The van der Waals surface area contributed by atoms with Gasteiger partial charge in [0.15, 0.2) is 0 Å². The molecule has 9 heteroatoms. The molecular weight excluding hydrogens is 408 g/mol. The summed E-state index contributed by atoms with van der Waals surface area (Å²) in [6.07, 6.45) is 0.380. The third-order valence-electron chi connectivity index (χ3n) is 4.82. The largest absolute Gasteiger partial charge is 0.435 e. The molecule has 2 N–H and O–H groups in total. The Hall–Kier alpha value is -3.49. The summed E-state index contributed by atoms with van der Waals surface area (Å²) in [4.78, 5) is 39.2. The van der Waals surface area contributed by atoms with E-state index in [9.17, 15) is 23.2 Å². The van der Waals surface area contributed by atoms with Crippen molar-refractivity contribution in [1.82, 2.24) is 10.2 Å². The zero-order valence-electron chi connectivity index (χ0n) is 17.1. The predicted molar refractivity (Wildman–Crippen MR) is 110 cm³/mol. The summed E-state index contributed by atoms with van der Waals surface area (Å²) in [7, 11) is 0. The topological polar surface area (TPSA) is 87.7 Å². The van der Waals surface area contributed by atoms with Crippen LogP contribution < -0.4 is 15.4 Å². The number of carbonyl (C=O) groups is 3. The normalized spacial score (nSPS) is 18.5. The van der Waals surface area contributed by atoms with Crippen LogP contribution in [-0.4, -0.2) is 35.9 Å². The maximum absolute atomic E-state index is 13.3. The first-order chi connectivity index (χ1) is 14.7. The molecule has 0 aliphatic carbocycles. The Bertz CT molecular complexity index is 951. The van der Waals surface area contributed by atoms with Crippen molar-refractivity contribution in [1.29, 1.82) is 0 Å². The molecule has 0 saturated carbocycles. The van der Waals surface area contributed by atoms with Gasteiger partial charge < -0.3 is 15.4 Å². The fraction of sp³-hybridized carbons (Fsp3) is 0.318. The highest BCUT2D eigenvalue weighted by molar-refractivity contribution is 6.10. The zero-order valence-corrected chi connectivity index (χ0v) is 17.1. The monoisotopic (exact) mass is 431 g/mol. The average Bonchev–Trinajstić information content (AvgIpc) is 2.94. The van der Waals surface area contributed by atoms with Crippen LogP contribution in [0.15, 0.2) is 54.6 Å². The fourth-order valence-electron chi connectivity index (χ4n) is 3.62. The number of anilines is 1. The third kappa shape index (κ3) is 4.99. The van der Waals surface area contributed by atoms with Gasteiger partial charge in [-0.25, -0.2) is 4.79 Å². The molecular formula is C22H23F2N3O4. The summed E-state index contributed by atoms with van der Waals surface area (Å²) < 4.78 is 28.7. The van der Waals surface area contributed by atoms with E-state index in [1.165, 1.54) is 24.3 Å². The number of rotatable bonds is 8. The number of carbonyl (C=O) groups excluding carboxylic acids is 3. The van der Waals surface area contributed by atoms with Crippen molar-refractivity contribution in [2.75, 3.05) is 11.9 Å². The number of hydrogen-bond acceptors (Lipinski definition) is 4. The number of alkyl halides is 2. The number of benzene rings is 2. The second kappa shape index (κ2) is 9.11. The molecule has 164 valence electrons. The molecule has 1 atom stereocenters. The van der Waals surface area contributed by atoms with Gasteiger partial charge in [-0.15, -0.1) is 0 Å². The van der Waals surface area contributed by atoms with Gasteiger partial charge in [0.05, 0.1) is 0 Å². The Morgan fingerprint density at radius 2 is 1.74 bits per heavy atom. The molecule has 1 unspecified atom stereocenters. The molecule has 2 aromatic rings. The molecule has 1 fully saturated rings. The molecule has 1 aliphatic heterocycles. The summed E-state index contributed by atoms with van der Waals surface area (Å²) in [5.74, 6) is -1.04. The minimum Gasteiger partial charge on any atom is -0.435 e. The Morgan fingerprint density at radius 1 is 1.10 bits per heavy atom. The highest BCUT2D eigenvalue weighted by atomic mass is 19.3. The van der Waals surface area contributed by atoms with Gasteiger partial charge in [-0.2, -0.15) is 8.78 Å². The summed E-state index contributed by atoms with van der Waals surface area (Å²) >= 11 is 0. The number of amides is 4. The first-order valence-corrected chi connectivity index (χ1v) is 9.75. The summed E-state index contributed by atoms with van der Waals surface area (Å²) in [5.41, 5.74) is -0.268. The molecule has 1 aliphatic rings. The van der Waals surface area contributed by atoms with E-state index < -0.39 is 36.5 Å². The van der Waals surface area contributed by atoms with Crippen LogP contribution in [0.4, 0.5) is 19.3 Å². The number of nitrogens with one attached hydrogen (secondary N) is 2. The standard InChI is InChI=1S/C22H23F2N3O4/c1-14(2)12-22(15-6-4-3-5-7-15)19(29)27(21(30)26-22)13-18(28)25-16-8-10-17(11-9-16)31-20(23)24/h3-11,14,20H,12-13H2,1-2H3,(H,25,28)(H,26,30). The third-order valence-corrected chi connectivity index (χ3v) is 4.82. The van der Waals surface area contributed by atoms with Crippen molar-refractivity contribution in [3.05, 3.63) is 60.2 Å². The second-order valence-corrected chi connectivity index (χ2v) is 7.64. The first-order valence-electron chi connectivity index (χ1n) is 9.75. The number of ether oxygens (including phenoxy) is 1. The maximum atomic E-state index is 13.3. The van der Waals surface area contributed by atoms with Crippen molar-refractivity contribution in [3.63, 3.8) is 0 Å². The molecule has 4 amide bonds. The first kappa shape index (κ1) is 22.2. The lowest BCUT2D eigenvalue weighted by Crippen LogP contribution is -2.45. The van der Waals surface area contributed by atoms with E-state index in [4.69, 9.17) is 0 Å². The van der Waals surface area contributed by atoms with Crippen molar-refractivity contribution in [2.45, 2.75) is 32.4 Å². The summed E-state index contributed by atoms with van der Waals surface area (Å²) in [6.45, 7) is 0.463. The molecule has 0 bridgehead atoms. The van der Waals surface area contributed by atoms with E-state index in [1.807, 2.05) is 19.9 Å². The molecule has 1 heterocycles. The van der Waals surface area contributed by atoms with E-state index >= 15 is 0 Å². The van der Waals surface area contributed by atoms with Crippen LogP contribution in [0.2, 0.25) is 0 Å². The van der Waals surface area contributed by atoms with E-state index in [0.29, 0.717) is 17.7 Å². The van der Waals surface area contributed by atoms with Crippen molar-refractivity contribution < 1.29 is 27.9 Å². The minimum absolute atomic E-state index is 0.0524. The highest BCUT2D eigenvalue weighted by Crippen LogP contribution is 2.35. The summed E-state index contributed by atoms with van der Waals surface area (Å²) in [5, 5.41) is 5.32. The van der Waals surface area contributed by atoms with Gasteiger partial charge in [0, 0.05) is 5.69 Å². The Kier molecular flexibility index (Phi) is 6.53. The molecule has 3 rings (SSSR count). The number of urea groups is 1. The number of imide groups is 1. The van der Waals surface area contributed by atoms with Crippen molar-refractivity contribution >= 4 is 23.5 Å². The van der Waals surface area contributed by atoms with Crippen LogP contribution in [0.3, 0.4) is 0 Å². The van der Waals surface area contributed by atoms with Gasteiger partial charge in [0.1, 0.15) is 17.8 Å². The van der Waals surface area contributed by atoms with Gasteiger partial charge >= 0.3 is 12.6 Å². The average molecular weight is 431 g/mol. The lowest BCUT2D eigenvalue weighted by atomic mass is 9.82. The summed E-state index contributed by atoms with van der Waals surface area (Å²) in [6, 6.07) is 13.6. The van der Waals surface area contributed by atoms with Gasteiger partial charge in [-0.05, 0) is 42.2 Å². The molecule has 0 radical (unpaired) electrons. The SMILES string of the molecule is CC(C)CC1(c2ccccc2)NC(=O)N(CC(=O)Nc2ccc(OC(F)F)cc2)C1=O. The van der Waals surface area contributed by atoms with E-state index in [2.05, 4.69) is 15.4 Å². The van der Waals surface area contributed by atoms with E-state index in [0.717, 1.165) is 4.90 Å². The Balaban J connectivity index is 1.73. The lowest BCUT2D eigenvalue weighted by molar-refractivity contribution is -0.134. The molecule has 0 spiro atoms. The van der Waals surface area contributed by atoms with Crippen molar-refractivity contribution in [2.24, 2.45) is 5.92 Å². The van der Waals surface area contributed by atoms with Crippen LogP contribution >= 0.6 is 0 Å². The van der Waals surface area contributed by atoms with Crippen LogP contribution in [0.25, 0.3) is 0 Å². The van der Waals surface area contributed by atoms with E-state index in [-0.39, 0.29) is 11.7 Å². The number of hydrogen-bond donors (Lipinski definition) is 2. The van der Waals surface area contributed by atoms with Gasteiger partial charge in [-0.1, -0.05) is 44.2 Å². The quantitative estimate of drug-likeness (QED) is 0.624. The molecule has 1 saturated heterocycles. The Labute approximate surface area is 178 Å². The molecule has 0 aromatic heterocycles. The zero-order chi connectivity index (χ0) is 22.6. The van der Waals surface area contributed by atoms with Gasteiger partial charge in [-0.3, -0.25) is 14.5 Å². The molecule has 7 nitrogen and oxygen atoms in total. The van der Waals surface area contributed by atoms with Crippen molar-refractivity contribution in [3.8, 4) is 5.75 Å². The number of halogens is 2. The van der Waals surface area contributed by atoms with Crippen LogP contribution in [0, 0.1) is 5.92 Å². The van der Waals surface area contributed by atoms with Gasteiger partial charge in [0.2, 0.25) is 5.91 Å². The molecule has 31 heavy (non-hydrogen) atoms. The second-order valence-electron chi connectivity index (χ2n) is 7.64. The van der Waals surface area contributed by atoms with Crippen LogP contribution in [-0.2, 0) is 15.1 Å². The fourth-order valence-corrected chi connectivity index (χ4v) is 3.62. The van der Waals surface area contributed by atoms with E-state index in [1.54, 1.807) is 24.3 Å². The number of nitrogens with zero attached hydrogens (tertiary/aromatic N) is 1. The lowest BCUT2D eigenvalue weighted by Gasteiger charge is -2.29. The van der Waals surface area contributed by atoms with Crippen LogP contribution in [0.5, 0.6) is 5.75 Å².